The summed E-state index contributed by atoms with van der Waals surface area (Å²) in [5, 5.41) is 0. The molecule has 0 unspecified atom stereocenters. The van der Waals surface area contributed by atoms with E-state index < -0.39 is 0 Å². The van der Waals surface area contributed by atoms with Crippen LogP contribution in [0.1, 0.15) is 22.2 Å². The second-order valence-corrected chi connectivity index (χ2v) is 5.41. The first-order chi connectivity index (χ1) is 6.68. The van der Waals surface area contributed by atoms with Crippen molar-refractivity contribution in [2.75, 3.05) is 6.61 Å². The molecule has 0 spiro atoms. The Balaban J connectivity index is 2.33. The van der Waals surface area contributed by atoms with Gasteiger partial charge in [-0.15, -0.1) is 11.3 Å². The molecule has 0 N–H and O–H groups in total. The summed E-state index contributed by atoms with van der Waals surface area (Å²) in [6, 6.07) is 0. The number of fused-ring (bicyclic) bond motifs is 1. The summed E-state index contributed by atoms with van der Waals surface area (Å²) in [6.45, 7) is 3.12. The van der Waals surface area contributed by atoms with Crippen molar-refractivity contribution in [3.63, 3.8) is 0 Å². The molecule has 14 heavy (non-hydrogen) atoms. The van der Waals surface area contributed by atoms with Crippen LogP contribution in [-0.2, 0) is 29.0 Å². The highest BCUT2D eigenvalue weighted by Gasteiger charge is 2.19. The van der Waals surface area contributed by atoms with Gasteiger partial charge in [0.05, 0.1) is 13.2 Å². The second-order valence-electron chi connectivity index (χ2n) is 3.42. The van der Waals surface area contributed by atoms with Crippen LogP contribution in [0.4, 0.5) is 0 Å². The van der Waals surface area contributed by atoms with Gasteiger partial charge in [0.15, 0.2) is 0 Å². The van der Waals surface area contributed by atoms with Gasteiger partial charge in [-0.2, -0.15) is 0 Å². The highest BCUT2D eigenvalue weighted by molar-refractivity contribution is 9.10. The molecule has 1 aliphatic heterocycles. The van der Waals surface area contributed by atoms with Crippen molar-refractivity contribution in [2.24, 2.45) is 0 Å². The highest BCUT2D eigenvalue weighted by Crippen LogP contribution is 2.36. The summed E-state index contributed by atoms with van der Waals surface area (Å²) in [5.41, 5.74) is 1.25. The summed E-state index contributed by atoms with van der Waals surface area (Å²) in [6.07, 6.45) is 1.52. The summed E-state index contributed by atoms with van der Waals surface area (Å²) in [5.74, 6) is 0.213. The molecule has 2 heterocycles. The molecular formula is C10H11BrO2S. The summed E-state index contributed by atoms with van der Waals surface area (Å²) >= 11 is 5.29. The van der Waals surface area contributed by atoms with E-state index in [0.717, 1.165) is 22.4 Å². The van der Waals surface area contributed by atoms with Crippen LogP contribution in [0.5, 0.6) is 0 Å². The van der Waals surface area contributed by atoms with Crippen molar-refractivity contribution >= 4 is 33.0 Å². The Morgan fingerprint density at radius 1 is 1.64 bits per heavy atom. The van der Waals surface area contributed by atoms with E-state index in [0.29, 0.717) is 13.0 Å². The lowest BCUT2D eigenvalue weighted by Crippen LogP contribution is -2.06. The van der Waals surface area contributed by atoms with Gasteiger partial charge in [0, 0.05) is 32.6 Å². The van der Waals surface area contributed by atoms with E-state index in [1.807, 2.05) is 0 Å². The minimum Gasteiger partial charge on any atom is -0.376 e. The maximum atomic E-state index is 11.0. The van der Waals surface area contributed by atoms with Crippen LogP contribution in [0.25, 0.3) is 0 Å². The van der Waals surface area contributed by atoms with E-state index in [2.05, 4.69) is 15.9 Å². The van der Waals surface area contributed by atoms with E-state index in [4.69, 9.17) is 4.74 Å². The van der Waals surface area contributed by atoms with E-state index in [9.17, 15) is 4.79 Å². The lowest BCUT2D eigenvalue weighted by molar-refractivity contribution is -0.116. The van der Waals surface area contributed by atoms with Crippen LogP contribution in [-0.4, -0.2) is 12.4 Å². The van der Waals surface area contributed by atoms with Crippen molar-refractivity contribution < 1.29 is 9.53 Å². The number of carbonyl (C=O) groups is 1. The van der Waals surface area contributed by atoms with Gasteiger partial charge >= 0.3 is 0 Å². The van der Waals surface area contributed by atoms with Gasteiger partial charge in [0.2, 0.25) is 0 Å². The van der Waals surface area contributed by atoms with Crippen LogP contribution >= 0.6 is 27.3 Å². The molecule has 0 bridgehead atoms. The standard InChI is InChI=1S/C10H11BrO2S/c1-6(12)4-9-10(11)7-5-13-3-2-8(7)14-9/h2-5H2,1H3. The van der Waals surface area contributed by atoms with Gasteiger partial charge in [-0.3, -0.25) is 4.79 Å². The zero-order valence-corrected chi connectivity index (χ0v) is 10.3. The Bertz CT molecular complexity index is 370. The first-order valence-electron chi connectivity index (χ1n) is 4.54. The van der Waals surface area contributed by atoms with Crippen LogP contribution < -0.4 is 0 Å². The number of ether oxygens (including phenoxy) is 1. The number of hydrogen-bond donors (Lipinski definition) is 0. The predicted molar refractivity (Wildman–Crippen MR) is 59.8 cm³/mol. The fraction of sp³-hybridized carbons (Fsp3) is 0.500. The SMILES string of the molecule is CC(=O)Cc1sc2c(c1Br)COCC2. The molecule has 0 aromatic carbocycles. The molecule has 0 fully saturated rings. The molecule has 0 saturated heterocycles. The Morgan fingerprint density at radius 2 is 2.43 bits per heavy atom. The number of hydrogen-bond acceptors (Lipinski definition) is 3. The Kier molecular flexibility index (Phi) is 3.04. The number of thiophene rings is 1. The maximum Gasteiger partial charge on any atom is 0.135 e. The smallest absolute Gasteiger partial charge is 0.135 e. The largest absolute Gasteiger partial charge is 0.376 e. The van der Waals surface area contributed by atoms with E-state index >= 15 is 0 Å². The molecule has 76 valence electrons. The lowest BCUT2D eigenvalue weighted by atomic mass is 10.1. The van der Waals surface area contributed by atoms with Crippen molar-refractivity contribution in [1.29, 1.82) is 0 Å². The average Bonchev–Trinajstić information content (AvgIpc) is 2.44. The molecule has 4 heteroatoms. The van der Waals surface area contributed by atoms with E-state index in [1.54, 1.807) is 18.3 Å². The number of ketones is 1. The second kappa shape index (κ2) is 4.13. The molecule has 0 atom stereocenters. The molecule has 0 saturated carbocycles. The summed E-state index contributed by atoms with van der Waals surface area (Å²) < 4.78 is 6.48. The molecule has 1 aromatic rings. The average molecular weight is 275 g/mol. The van der Waals surface area contributed by atoms with Gasteiger partial charge in [0.1, 0.15) is 5.78 Å². The van der Waals surface area contributed by atoms with E-state index in [-0.39, 0.29) is 5.78 Å². The lowest BCUT2D eigenvalue weighted by Gasteiger charge is -2.11. The molecular weight excluding hydrogens is 264 g/mol. The van der Waals surface area contributed by atoms with Crippen molar-refractivity contribution in [1.82, 2.24) is 0 Å². The maximum absolute atomic E-state index is 11.0. The van der Waals surface area contributed by atoms with Gasteiger partial charge in [-0.05, 0) is 22.9 Å². The van der Waals surface area contributed by atoms with Gasteiger partial charge in [-0.1, -0.05) is 0 Å². The monoisotopic (exact) mass is 274 g/mol. The fourth-order valence-corrected chi connectivity index (χ4v) is 3.69. The zero-order valence-electron chi connectivity index (χ0n) is 7.93. The van der Waals surface area contributed by atoms with Gasteiger partial charge in [-0.25, -0.2) is 0 Å². The van der Waals surface area contributed by atoms with Crippen LogP contribution in [0.2, 0.25) is 0 Å². The van der Waals surface area contributed by atoms with Crippen LogP contribution in [0, 0.1) is 0 Å². The van der Waals surface area contributed by atoms with Gasteiger partial charge < -0.3 is 4.74 Å². The first-order valence-corrected chi connectivity index (χ1v) is 6.15. The third-order valence-corrected chi connectivity index (χ3v) is 4.73. The Labute approximate surface area is 95.4 Å². The molecule has 2 nitrogen and oxygen atoms in total. The highest BCUT2D eigenvalue weighted by atomic mass is 79.9. The van der Waals surface area contributed by atoms with Crippen LogP contribution in [0.15, 0.2) is 4.47 Å². The first kappa shape index (κ1) is 10.3. The Morgan fingerprint density at radius 3 is 3.07 bits per heavy atom. The third kappa shape index (κ3) is 1.92. The summed E-state index contributed by atoms with van der Waals surface area (Å²) in [4.78, 5) is 13.6. The molecule has 0 radical (unpaired) electrons. The Hall–Kier alpha value is -0.190. The topological polar surface area (TPSA) is 26.3 Å². The zero-order chi connectivity index (χ0) is 10.1. The minimum atomic E-state index is 0.213. The van der Waals surface area contributed by atoms with Crippen LogP contribution in [0.3, 0.4) is 0 Å². The normalized spacial score (nSPS) is 15.3. The van der Waals surface area contributed by atoms with Crippen molar-refractivity contribution in [3.8, 4) is 0 Å². The number of rotatable bonds is 2. The minimum absolute atomic E-state index is 0.213. The molecule has 2 rings (SSSR count). The van der Waals surface area contributed by atoms with Gasteiger partial charge in [0.25, 0.3) is 0 Å². The fourth-order valence-electron chi connectivity index (χ4n) is 1.57. The number of carbonyl (C=O) groups excluding carboxylic acids is 1. The third-order valence-electron chi connectivity index (χ3n) is 2.22. The van der Waals surface area contributed by atoms with Crippen molar-refractivity contribution in [3.05, 3.63) is 19.8 Å². The predicted octanol–water partition coefficient (Wildman–Crippen LogP) is 2.71. The molecule has 1 aromatic heterocycles. The molecule has 1 aliphatic rings. The molecule has 0 aliphatic carbocycles. The quantitative estimate of drug-likeness (QED) is 0.829. The number of Topliss-reactive ketones (excluding diaryl/α,β-unsaturated/α-hetero) is 1. The summed E-state index contributed by atoms with van der Waals surface area (Å²) in [7, 11) is 0. The molecule has 0 amide bonds. The van der Waals surface area contributed by atoms with Crippen molar-refractivity contribution in [2.45, 2.75) is 26.4 Å². The van der Waals surface area contributed by atoms with E-state index in [1.165, 1.54) is 10.4 Å². The number of halogens is 1.